The van der Waals surface area contributed by atoms with Crippen molar-refractivity contribution in [2.45, 2.75) is 25.6 Å². The number of amides is 1. The second-order valence-corrected chi connectivity index (χ2v) is 5.86. The minimum Gasteiger partial charge on any atom is -0.273 e. The van der Waals surface area contributed by atoms with E-state index in [1.807, 2.05) is 0 Å². The Kier molecular flexibility index (Phi) is 3.25. The molecule has 1 amide bonds. The molecule has 1 atom stereocenters. The number of aromatic nitrogens is 2. The van der Waals surface area contributed by atoms with Gasteiger partial charge in [-0.1, -0.05) is 25.2 Å². The molecule has 0 aromatic carbocycles. The van der Waals surface area contributed by atoms with E-state index in [4.69, 9.17) is 0 Å². The molecule has 2 heterocycles. The number of nitrogens with zero attached hydrogens (tertiary/aromatic N) is 3. The molecule has 0 N–H and O–H groups in total. The third-order valence-corrected chi connectivity index (χ3v) is 4.07. The highest BCUT2D eigenvalue weighted by Crippen LogP contribution is 2.34. The third kappa shape index (κ3) is 2.31. The van der Waals surface area contributed by atoms with Gasteiger partial charge in [-0.15, -0.1) is 22.0 Å². The van der Waals surface area contributed by atoms with Crippen LogP contribution >= 0.6 is 23.1 Å². The molecule has 1 aromatic heterocycles. The van der Waals surface area contributed by atoms with Crippen LogP contribution in [-0.2, 0) is 4.79 Å². The standard InChI is InChI=1S/C9H13N3OS2/c1-6(2)3-8-12(7(13)4-14-8)9-11-10-5-15-9/h5-6,8H,3-4H2,1-2H3. The van der Waals surface area contributed by atoms with Crippen LogP contribution in [0.3, 0.4) is 0 Å². The first-order chi connectivity index (χ1) is 7.18. The van der Waals surface area contributed by atoms with Crippen molar-refractivity contribution in [2.75, 3.05) is 10.7 Å². The molecule has 4 nitrogen and oxygen atoms in total. The van der Waals surface area contributed by atoms with Crippen LogP contribution in [-0.4, -0.2) is 27.2 Å². The maximum Gasteiger partial charge on any atom is 0.239 e. The molecule has 1 aliphatic rings. The summed E-state index contributed by atoms with van der Waals surface area (Å²) in [5.41, 5.74) is 1.66. The van der Waals surface area contributed by atoms with E-state index < -0.39 is 0 Å². The fourth-order valence-electron chi connectivity index (χ4n) is 1.55. The predicted octanol–water partition coefficient (Wildman–Crippen LogP) is 1.99. The normalized spacial score (nSPS) is 21.7. The molecule has 1 saturated heterocycles. The Bertz CT molecular complexity index is 339. The predicted molar refractivity (Wildman–Crippen MR) is 63.1 cm³/mol. The fraction of sp³-hybridized carbons (Fsp3) is 0.667. The quantitative estimate of drug-likeness (QED) is 0.814. The molecule has 0 saturated carbocycles. The monoisotopic (exact) mass is 243 g/mol. The lowest BCUT2D eigenvalue weighted by atomic mass is 10.1. The summed E-state index contributed by atoms with van der Waals surface area (Å²) in [4.78, 5) is 13.5. The summed E-state index contributed by atoms with van der Waals surface area (Å²) in [5.74, 6) is 1.31. The van der Waals surface area contributed by atoms with Crippen molar-refractivity contribution in [1.82, 2.24) is 10.2 Å². The Morgan fingerprint density at radius 1 is 1.67 bits per heavy atom. The van der Waals surface area contributed by atoms with Crippen LogP contribution in [0, 0.1) is 5.92 Å². The summed E-state index contributed by atoms with van der Waals surface area (Å²) in [6.07, 6.45) is 1.01. The van der Waals surface area contributed by atoms with E-state index >= 15 is 0 Å². The molecule has 82 valence electrons. The largest absolute Gasteiger partial charge is 0.273 e. The number of hydrogen-bond donors (Lipinski definition) is 0. The van der Waals surface area contributed by atoms with Gasteiger partial charge >= 0.3 is 0 Å². The Balaban J connectivity index is 2.15. The number of hydrogen-bond acceptors (Lipinski definition) is 5. The summed E-state index contributed by atoms with van der Waals surface area (Å²) in [6, 6.07) is 0. The Morgan fingerprint density at radius 3 is 3.07 bits per heavy atom. The van der Waals surface area contributed by atoms with Crippen molar-refractivity contribution in [2.24, 2.45) is 5.92 Å². The second kappa shape index (κ2) is 4.49. The van der Waals surface area contributed by atoms with Gasteiger partial charge in [-0.25, -0.2) is 0 Å². The van der Waals surface area contributed by atoms with E-state index in [0.717, 1.165) is 11.6 Å². The van der Waals surface area contributed by atoms with Crippen molar-refractivity contribution in [3.05, 3.63) is 5.51 Å². The van der Waals surface area contributed by atoms with Gasteiger partial charge in [0.1, 0.15) is 5.51 Å². The van der Waals surface area contributed by atoms with Crippen molar-refractivity contribution in [1.29, 1.82) is 0 Å². The molecule has 0 spiro atoms. The van der Waals surface area contributed by atoms with Gasteiger partial charge in [-0.3, -0.25) is 9.69 Å². The van der Waals surface area contributed by atoms with Crippen LogP contribution in [0.1, 0.15) is 20.3 Å². The molecular formula is C9H13N3OS2. The molecule has 2 rings (SSSR count). The first kappa shape index (κ1) is 10.9. The Labute approximate surface area is 97.1 Å². The molecule has 1 fully saturated rings. The van der Waals surface area contributed by atoms with E-state index in [0.29, 0.717) is 11.7 Å². The van der Waals surface area contributed by atoms with Crippen LogP contribution < -0.4 is 4.90 Å². The summed E-state index contributed by atoms with van der Waals surface area (Å²) >= 11 is 3.12. The molecular weight excluding hydrogens is 230 g/mol. The van der Waals surface area contributed by atoms with E-state index in [1.165, 1.54) is 11.3 Å². The summed E-state index contributed by atoms with van der Waals surface area (Å²) < 4.78 is 0. The zero-order valence-corrected chi connectivity index (χ0v) is 10.3. The second-order valence-electron chi connectivity index (χ2n) is 3.88. The van der Waals surface area contributed by atoms with Crippen LogP contribution in [0.4, 0.5) is 5.13 Å². The molecule has 1 unspecified atom stereocenters. The average Bonchev–Trinajstić information content (AvgIpc) is 2.74. The average molecular weight is 243 g/mol. The van der Waals surface area contributed by atoms with Crippen LogP contribution in [0.2, 0.25) is 0 Å². The van der Waals surface area contributed by atoms with Gasteiger partial charge in [-0.05, 0) is 12.3 Å². The highest BCUT2D eigenvalue weighted by Gasteiger charge is 2.34. The molecule has 1 aliphatic heterocycles. The van der Waals surface area contributed by atoms with Crippen molar-refractivity contribution >= 4 is 34.1 Å². The first-order valence-electron chi connectivity index (χ1n) is 4.88. The van der Waals surface area contributed by atoms with Crippen LogP contribution in [0.15, 0.2) is 5.51 Å². The molecule has 0 bridgehead atoms. The van der Waals surface area contributed by atoms with E-state index in [9.17, 15) is 4.79 Å². The smallest absolute Gasteiger partial charge is 0.239 e. The van der Waals surface area contributed by atoms with Crippen molar-refractivity contribution < 1.29 is 4.79 Å². The number of anilines is 1. The van der Waals surface area contributed by atoms with E-state index in [-0.39, 0.29) is 11.3 Å². The van der Waals surface area contributed by atoms with Gasteiger partial charge in [0.2, 0.25) is 11.0 Å². The van der Waals surface area contributed by atoms with Crippen LogP contribution in [0.25, 0.3) is 0 Å². The minimum atomic E-state index is 0.155. The molecule has 6 heteroatoms. The fourth-order valence-corrected chi connectivity index (χ4v) is 3.60. The number of thioether (sulfide) groups is 1. The zero-order chi connectivity index (χ0) is 10.8. The van der Waals surface area contributed by atoms with Crippen molar-refractivity contribution in [3.8, 4) is 0 Å². The number of rotatable bonds is 3. The lowest BCUT2D eigenvalue weighted by Gasteiger charge is -2.21. The van der Waals surface area contributed by atoms with Crippen LogP contribution in [0.5, 0.6) is 0 Å². The number of carbonyl (C=O) groups excluding carboxylic acids is 1. The third-order valence-electron chi connectivity index (χ3n) is 2.18. The van der Waals surface area contributed by atoms with E-state index in [1.54, 1.807) is 22.2 Å². The molecule has 15 heavy (non-hydrogen) atoms. The Hall–Kier alpha value is -0.620. The van der Waals surface area contributed by atoms with Gasteiger partial charge in [0.05, 0.1) is 11.1 Å². The topological polar surface area (TPSA) is 46.1 Å². The highest BCUT2D eigenvalue weighted by molar-refractivity contribution is 8.01. The Morgan fingerprint density at radius 2 is 2.47 bits per heavy atom. The maximum absolute atomic E-state index is 11.7. The first-order valence-corrected chi connectivity index (χ1v) is 6.81. The molecule has 0 radical (unpaired) electrons. The van der Waals surface area contributed by atoms with Gasteiger partial charge in [0, 0.05) is 0 Å². The summed E-state index contributed by atoms with van der Waals surface area (Å²) in [6.45, 7) is 4.34. The highest BCUT2D eigenvalue weighted by atomic mass is 32.2. The van der Waals surface area contributed by atoms with Gasteiger partial charge < -0.3 is 0 Å². The SMILES string of the molecule is CC(C)CC1SCC(=O)N1c1nncs1. The lowest BCUT2D eigenvalue weighted by molar-refractivity contribution is -0.115. The zero-order valence-electron chi connectivity index (χ0n) is 8.71. The summed E-state index contributed by atoms with van der Waals surface area (Å²) in [5, 5.41) is 8.72. The van der Waals surface area contributed by atoms with Gasteiger partial charge in [-0.2, -0.15) is 0 Å². The minimum absolute atomic E-state index is 0.155. The molecule has 0 aliphatic carbocycles. The van der Waals surface area contributed by atoms with Crippen molar-refractivity contribution in [3.63, 3.8) is 0 Å². The molecule has 1 aromatic rings. The summed E-state index contributed by atoms with van der Waals surface area (Å²) in [7, 11) is 0. The maximum atomic E-state index is 11.7. The van der Waals surface area contributed by atoms with Gasteiger partial charge in [0.25, 0.3) is 0 Å². The number of carbonyl (C=O) groups is 1. The lowest BCUT2D eigenvalue weighted by Crippen LogP contribution is -2.33. The van der Waals surface area contributed by atoms with E-state index in [2.05, 4.69) is 24.0 Å². The van der Waals surface area contributed by atoms with Gasteiger partial charge in [0.15, 0.2) is 0 Å².